The summed E-state index contributed by atoms with van der Waals surface area (Å²) in [6.07, 6.45) is 3.26. The number of rotatable bonds is 6. The zero-order valence-corrected chi connectivity index (χ0v) is 16.7. The van der Waals surface area contributed by atoms with Crippen molar-refractivity contribution in [1.29, 1.82) is 0 Å². The summed E-state index contributed by atoms with van der Waals surface area (Å²) >= 11 is 12.0. The van der Waals surface area contributed by atoms with Gasteiger partial charge in [-0.3, -0.25) is 4.72 Å². The number of hydrogen-bond donors (Lipinski definition) is 1. The van der Waals surface area contributed by atoms with Crippen molar-refractivity contribution >= 4 is 50.0 Å². The van der Waals surface area contributed by atoms with E-state index in [0.717, 1.165) is 30.2 Å². The number of nitrogens with one attached hydrogen (secondary N) is 1. The highest BCUT2D eigenvalue weighted by Crippen LogP contribution is 2.44. The predicted octanol–water partition coefficient (Wildman–Crippen LogP) is 4.96. The molecule has 1 N–H and O–H groups in total. The van der Waals surface area contributed by atoms with Crippen LogP contribution in [-0.2, 0) is 16.6 Å². The first-order valence-corrected chi connectivity index (χ1v) is 10.9. The third-order valence-electron chi connectivity index (χ3n) is 4.32. The molecule has 0 radical (unpaired) electrons. The number of ether oxygens (including phenoxy) is 1. The van der Waals surface area contributed by atoms with Crippen LogP contribution in [0.1, 0.15) is 29.9 Å². The minimum Gasteiger partial charge on any atom is -0.489 e. The number of aromatic nitrogens is 1. The molecule has 0 spiro atoms. The first-order chi connectivity index (χ1) is 12.8. The second-order valence-corrected chi connectivity index (χ2v) is 9.15. The largest absolute Gasteiger partial charge is 0.489 e. The van der Waals surface area contributed by atoms with Crippen LogP contribution in [-0.4, -0.2) is 19.8 Å². The van der Waals surface area contributed by atoms with Crippen molar-refractivity contribution in [3.63, 3.8) is 0 Å². The van der Waals surface area contributed by atoms with Crippen molar-refractivity contribution in [3.05, 3.63) is 51.5 Å². The second-order valence-electron chi connectivity index (χ2n) is 6.59. The Balaban J connectivity index is 1.65. The van der Waals surface area contributed by atoms with E-state index >= 15 is 0 Å². The van der Waals surface area contributed by atoms with E-state index in [2.05, 4.69) is 9.88 Å². The molecule has 1 saturated carbocycles. The van der Waals surface area contributed by atoms with Gasteiger partial charge in [-0.2, -0.15) is 0 Å². The van der Waals surface area contributed by atoms with Gasteiger partial charge in [-0.1, -0.05) is 28.4 Å². The SMILES string of the molecule is CS(=O)(=O)Nc1noc2cc(COc3ccc(Cl)c(Cl)c3)c(C3CC3)cc12. The lowest BCUT2D eigenvalue weighted by atomic mass is 10.0. The van der Waals surface area contributed by atoms with Crippen LogP contribution < -0.4 is 9.46 Å². The molecule has 27 heavy (non-hydrogen) atoms. The minimum atomic E-state index is -3.44. The van der Waals surface area contributed by atoms with Crippen molar-refractivity contribution in [1.82, 2.24) is 5.16 Å². The number of sulfonamides is 1. The van der Waals surface area contributed by atoms with Gasteiger partial charge in [0.05, 0.1) is 21.7 Å². The fraction of sp³-hybridized carbons (Fsp3) is 0.278. The van der Waals surface area contributed by atoms with Gasteiger partial charge in [-0.15, -0.1) is 0 Å². The van der Waals surface area contributed by atoms with Gasteiger partial charge in [0.1, 0.15) is 12.4 Å². The Morgan fingerprint density at radius 3 is 2.67 bits per heavy atom. The van der Waals surface area contributed by atoms with Gasteiger partial charge in [-0.05, 0) is 54.2 Å². The van der Waals surface area contributed by atoms with Crippen LogP contribution in [0, 0.1) is 0 Å². The zero-order valence-electron chi connectivity index (χ0n) is 14.3. The van der Waals surface area contributed by atoms with E-state index in [1.807, 2.05) is 12.1 Å². The van der Waals surface area contributed by atoms with Gasteiger partial charge in [0.25, 0.3) is 0 Å². The molecule has 0 bridgehead atoms. The molecular formula is C18H16Cl2N2O4S. The Kier molecular flexibility index (Phi) is 4.70. The predicted molar refractivity (Wildman–Crippen MR) is 105 cm³/mol. The standard InChI is InChI=1S/C18H16Cl2N2O4S/c1-27(23,24)22-18-14-8-13(10-2-3-10)11(6-17(14)26-21-18)9-25-12-4-5-15(19)16(20)7-12/h4-8,10H,2-3,9H2,1H3,(H,21,22). The third kappa shape index (κ3) is 4.15. The fourth-order valence-electron chi connectivity index (χ4n) is 2.92. The van der Waals surface area contributed by atoms with Gasteiger partial charge in [0, 0.05) is 6.07 Å². The van der Waals surface area contributed by atoms with Crippen molar-refractivity contribution in [3.8, 4) is 5.75 Å². The van der Waals surface area contributed by atoms with E-state index in [0.29, 0.717) is 39.3 Å². The highest BCUT2D eigenvalue weighted by molar-refractivity contribution is 7.92. The Morgan fingerprint density at radius 1 is 1.22 bits per heavy atom. The number of halogens is 2. The van der Waals surface area contributed by atoms with Gasteiger partial charge >= 0.3 is 0 Å². The van der Waals surface area contributed by atoms with Crippen LogP contribution in [0.2, 0.25) is 10.0 Å². The second kappa shape index (κ2) is 6.89. The summed E-state index contributed by atoms with van der Waals surface area (Å²) < 4.78 is 36.6. The first-order valence-electron chi connectivity index (χ1n) is 8.28. The Hall–Kier alpha value is -1.96. The molecule has 142 valence electrons. The van der Waals surface area contributed by atoms with E-state index in [-0.39, 0.29) is 5.82 Å². The number of anilines is 1. The van der Waals surface area contributed by atoms with E-state index in [1.54, 1.807) is 18.2 Å². The molecule has 0 aliphatic heterocycles. The molecule has 1 aliphatic rings. The van der Waals surface area contributed by atoms with Crippen LogP contribution in [0.5, 0.6) is 5.75 Å². The van der Waals surface area contributed by atoms with Crippen molar-refractivity contribution in [2.45, 2.75) is 25.4 Å². The van der Waals surface area contributed by atoms with Gasteiger partial charge in [0.15, 0.2) is 11.4 Å². The average Bonchev–Trinajstić information content (AvgIpc) is 3.37. The molecule has 0 unspecified atom stereocenters. The van der Waals surface area contributed by atoms with Gasteiger partial charge < -0.3 is 9.26 Å². The number of fused-ring (bicyclic) bond motifs is 1. The lowest BCUT2D eigenvalue weighted by Gasteiger charge is -2.11. The highest BCUT2D eigenvalue weighted by atomic mass is 35.5. The van der Waals surface area contributed by atoms with Crippen molar-refractivity contribution in [2.75, 3.05) is 11.0 Å². The number of hydrogen-bond acceptors (Lipinski definition) is 5. The first kappa shape index (κ1) is 18.4. The molecule has 1 aliphatic carbocycles. The maximum atomic E-state index is 11.5. The van der Waals surface area contributed by atoms with Crippen LogP contribution in [0.3, 0.4) is 0 Å². The summed E-state index contributed by atoms with van der Waals surface area (Å²) in [6.45, 7) is 0.329. The van der Waals surface area contributed by atoms with Gasteiger partial charge in [0.2, 0.25) is 10.0 Å². The molecule has 0 saturated heterocycles. The molecule has 3 aromatic rings. The van der Waals surface area contributed by atoms with Crippen LogP contribution >= 0.6 is 23.2 Å². The highest BCUT2D eigenvalue weighted by Gasteiger charge is 2.28. The molecule has 0 atom stereocenters. The van der Waals surface area contributed by atoms with E-state index in [4.69, 9.17) is 32.5 Å². The summed E-state index contributed by atoms with van der Waals surface area (Å²) in [5.74, 6) is 1.25. The Morgan fingerprint density at radius 2 is 2.00 bits per heavy atom. The van der Waals surface area contributed by atoms with Crippen LogP contribution in [0.25, 0.3) is 11.0 Å². The van der Waals surface area contributed by atoms with Crippen LogP contribution in [0.15, 0.2) is 34.9 Å². The van der Waals surface area contributed by atoms with Crippen molar-refractivity contribution < 1.29 is 17.7 Å². The molecule has 1 heterocycles. The van der Waals surface area contributed by atoms with Crippen LogP contribution in [0.4, 0.5) is 5.82 Å². The summed E-state index contributed by atoms with van der Waals surface area (Å²) in [5.41, 5.74) is 2.58. The molecule has 4 rings (SSSR count). The molecule has 0 amide bonds. The normalized spacial score (nSPS) is 14.5. The Labute approximate surface area is 166 Å². The third-order valence-corrected chi connectivity index (χ3v) is 5.62. The quantitative estimate of drug-likeness (QED) is 0.601. The molecule has 1 aromatic heterocycles. The molecule has 2 aromatic carbocycles. The lowest BCUT2D eigenvalue weighted by molar-refractivity contribution is 0.305. The summed E-state index contributed by atoms with van der Waals surface area (Å²) in [4.78, 5) is 0. The Bertz CT molecular complexity index is 1120. The summed E-state index contributed by atoms with van der Waals surface area (Å²) in [6, 6.07) is 8.89. The summed E-state index contributed by atoms with van der Waals surface area (Å²) in [7, 11) is -3.44. The maximum absolute atomic E-state index is 11.5. The number of benzene rings is 2. The topological polar surface area (TPSA) is 81.4 Å². The van der Waals surface area contributed by atoms with E-state index in [1.165, 1.54) is 0 Å². The molecular weight excluding hydrogens is 411 g/mol. The lowest BCUT2D eigenvalue weighted by Crippen LogP contribution is -2.10. The fourth-order valence-corrected chi connectivity index (χ4v) is 3.71. The van der Waals surface area contributed by atoms with Gasteiger partial charge in [-0.25, -0.2) is 8.42 Å². The molecule has 6 nitrogen and oxygen atoms in total. The average molecular weight is 427 g/mol. The summed E-state index contributed by atoms with van der Waals surface area (Å²) in [5, 5.41) is 5.38. The monoisotopic (exact) mass is 426 g/mol. The maximum Gasteiger partial charge on any atom is 0.231 e. The molecule has 9 heteroatoms. The molecule has 1 fully saturated rings. The van der Waals surface area contributed by atoms with E-state index < -0.39 is 10.0 Å². The van der Waals surface area contributed by atoms with Crippen molar-refractivity contribution in [2.24, 2.45) is 0 Å². The smallest absolute Gasteiger partial charge is 0.231 e. The number of nitrogens with zero attached hydrogens (tertiary/aromatic N) is 1. The van der Waals surface area contributed by atoms with E-state index in [9.17, 15) is 8.42 Å². The minimum absolute atomic E-state index is 0.200. The zero-order chi connectivity index (χ0) is 19.2.